The highest BCUT2D eigenvalue weighted by Crippen LogP contribution is 2.35. The van der Waals surface area contributed by atoms with Gasteiger partial charge in [-0.15, -0.1) is 11.8 Å². The normalized spacial score (nSPS) is 18.2. The summed E-state index contributed by atoms with van der Waals surface area (Å²) >= 11 is 1.43. The van der Waals surface area contributed by atoms with Crippen LogP contribution in [0.2, 0.25) is 0 Å². The molecule has 1 aromatic carbocycles. The molecule has 0 spiro atoms. The molecule has 2 heterocycles. The number of nitrogens with zero attached hydrogens (tertiary/aromatic N) is 3. The van der Waals surface area contributed by atoms with Gasteiger partial charge in [0.15, 0.2) is 0 Å². The first-order chi connectivity index (χ1) is 9.04. The minimum atomic E-state index is -4.39. The van der Waals surface area contributed by atoms with Gasteiger partial charge < -0.3 is 4.90 Å². The molecule has 0 amide bonds. The first kappa shape index (κ1) is 12.3. The van der Waals surface area contributed by atoms with Gasteiger partial charge in [-0.2, -0.15) is 13.2 Å². The molecule has 0 aromatic heterocycles. The van der Waals surface area contributed by atoms with Gasteiger partial charge in [0.05, 0.1) is 17.1 Å². The van der Waals surface area contributed by atoms with Crippen LogP contribution in [-0.2, 0) is 0 Å². The Morgan fingerprint density at radius 2 is 2.00 bits per heavy atom. The van der Waals surface area contributed by atoms with E-state index in [1.807, 2.05) is 24.3 Å². The molecule has 0 N–H and O–H groups in total. The Hall–Kier alpha value is -1.76. The molecule has 3 rings (SSSR count). The van der Waals surface area contributed by atoms with Crippen LogP contribution in [0.25, 0.3) is 0 Å². The highest BCUT2D eigenvalue weighted by molar-refractivity contribution is 7.99. The van der Waals surface area contributed by atoms with Gasteiger partial charge in [0, 0.05) is 17.3 Å². The average molecular weight is 283 g/mol. The van der Waals surface area contributed by atoms with Crippen molar-refractivity contribution < 1.29 is 13.2 Å². The number of guanidine groups is 1. The van der Waals surface area contributed by atoms with E-state index in [0.717, 1.165) is 23.0 Å². The molecule has 2 aliphatic rings. The van der Waals surface area contributed by atoms with Crippen LogP contribution in [-0.4, -0.2) is 29.1 Å². The van der Waals surface area contributed by atoms with E-state index in [1.54, 1.807) is 0 Å². The predicted molar refractivity (Wildman–Crippen MR) is 68.7 cm³/mol. The van der Waals surface area contributed by atoms with Gasteiger partial charge in [-0.1, -0.05) is 12.1 Å². The number of alkyl halides is 3. The Morgan fingerprint density at radius 3 is 2.79 bits per heavy atom. The van der Waals surface area contributed by atoms with Gasteiger partial charge >= 0.3 is 6.18 Å². The zero-order valence-electron chi connectivity index (χ0n) is 9.55. The fraction of sp³-hybridized carbons (Fsp3) is 0.167. The summed E-state index contributed by atoms with van der Waals surface area (Å²) in [6, 6.07) is 7.41. The number of para-hydroxylation sites is 1. The number of allylic oxidation sites excluding steroid dienone is 1. The molecule has 0 aliphatic carbocycles. The van der Waals surface area contributed by atoms with Crippen molar-refractivity contribution in [1.82, 2.24) is 4.90 Å². The number of hydrogen-bond acceptors (Lipinski definition) is 4. The predicted octanol–water partition coefficient (Wildman–Crippen LogP) is 3.57. The van der Waals surface area contributed by atoms with Crippen molar-refractivity contribution in [3.63, 3.8) is 0 Å². The molecule has 0 unspecified atom stereocenters. The minimum Gasteiger partial charge on any atom is -0.306 e. The fourth-order valence-electron chi connectivity index (χ4n) is 1.71. The van der Waals surface area contributed by atoms with Crippen molar-refractivity contribution in [3.05, 3.63) is 36.0 Å². The van der Waals surface area contributed by atoms with Gasteiger partial charge in [-0.05, 0) is 12.1 Å². The summed E-state index contributed by atoms with van der Waals surface area (Å²) < 4.78 is 37.9. The van der Waals surface area contributed by atoms with Crippen molar-refractivity contribution in [2.24, 2.45) is 9.98 Å². The number of thioether (sulfide) groups is 1. The third-order valence-electron chi connectivity index (χ3n) is 2.64. The van der Waals surface area contributed by atoms with Gasteiger partial charge in [-0.3, -0.25) is 0 Å². The molecule has 0 saturated heterocycles. The molecule has 19 heavy (non-hydrogen) atoms. The topological polar surface area (TPSA) is 28.0 Å². The average Bonchev–Trinajstić information content (AvgIpc) is 2.55. The standard InChI is InChI=1S/C12H8F3N3S/c13-12(14,15)8-5-16-11-17-9-3-1-2-4-10(9)19-7-18(11)6-8/h1-6H,7H2. The van der Waals surface area contributed by atoms with Gasteiger partial charge in [0.1, 0.15) is 0 Å². The van der Waals surface area contributed by atoms with E-state index < -0.39 is 11.7 Å². The third-order valence-corrected chi connectivity index (χ3v) is 3.71. The van der Waals surface area contributed by atoms with Crippen molar-refractivity contribution in [1.29, 1.82) is 0 Å². The molecule has 1 aromatic rings. The van der Waals surface area contributed by atoms with E-state index in [4.69, 9.17) is 0 Å². The number of hydrogen-bond donors (Lipinski definition) is 0. The van der Waals surface area contributed by atoms with Gasteiger partial charge in [0.25, 0.3) is 0 Å². The SMILES string of the molecule is FC(F)(F)C1=CN2CSc3ccccc3N=C2N=C1. The molecule has 0 bridgehead atoms. The molecule has 98 valence electrons. The first-order valence-electron chi connectivity index (χ1n) is 5.44. The molecule has 0 saturated carbocycles. The van der Waals surface area contributed by atoms with Crippen LogP contribution >= 0.6 is 11.8 Å². The van der Waals surface area contributed by atoms with E-state index in [1.165, 1.54) is 16.7 Å². The highest BCUT2D eigenvalue weighted by Gasteiger charge is 2.35. The van der Waals surface area contributed by atoms with Crippen LogP contribution in [0, 0.1) is 0 Å². The van der Waals surface area contributed by atoms with E-state index in [-0.39, 0.29) is 5.96 Å². The van der Waals surface area contributed by atoms with Crippen LogP contribution in [0.5, 0.6) is 0 Å². The van der Waals surface area contributed by atoms with Crippen molar-refractivity contribution >= 4 is 29.6 Å². The molecule has 3 nitrogen and oxygen atoms in total. The minimum absolute atomic E-state index is 0.283. The largest absolute Gasteiger partial charge is 0.419 e. The maximum atomic E-state index is 12.6. The fourth-order valence-corrected chi connectivity index (χ4v) is 2.62. The summed E-state index contributed by atoms with van der Waals surface area (Å²) in [7, 11) is 0. The van der Waals surface area contributed by atoms with E-state index in [9.17, 15) is 13.2 Å². The second kappa shape index (κ2) is 4.41. The molecule has 0 radical (unpaired) electrons. The maximum absolute atomic E-state index is 12.6. The smallest absolute Gasteiger partial charge is 0.306 e. The molecular weight excluding hydrogens is 275 g/mol. The summed E-state index contributed by atoms with van der Waals surface area (Å²) in [5.41, 5.74) is -0.0379. The first-order valence-corrected chi connectivity index (χ1v) is 6.43. The lowest BCUT2D eigenvalue weighted by Gasteiger charge is -2.22. The number of halogens is 3. The molecule has 7 heteroatoms. The monoisotopic (exact) mass is 283 g/mol. The zero-order valence-corrected chi connectivity index (χ0v) is 10.4. The van der Waals surface area contributed by atoms with Crippen molar-refractivity contribution in [3.8, 4) is 0 Å². The second-order valence-electron chi connectivity index (χ2n) is 3.96. The van der Waals surface area contributed by atoms with Crippen LogP contribution < -0.4 is 0 Å². The van der Waals surface area contributed by atoms with Crippen LogP contribution in [0.1, 0.15) is 0 Å². The summed E-state index contributed by atoms with van der Waals surface area (Å²) in [5, 5.41) is 0. The Labute approximate surface area is 111 Å². The Morgan fingerprint density at radius 1 is 1.21 bits per heavy atom. The van der Waals surface area contributed by atoms with Crippen molar-refractivity contribution in [2.45, 2.75) is 11.1 Å². The van der Waals surface area contributed by atoms with E-state index in [0.29, 0.717) is 5.88 Å². The third kappa shape index (κ3) is 2.37. The highest BCUT2D eigenvalue weighted by atomic mass is 32.2. The molecular formula is C12H8F3N3S. The lowest BCUT2D eigenvalue weighted by atomic mass is 10.3. The van der Waals surface area contributed by atoms with E-state index >= 15 is 0 Å². The Bertz CT molecular complexity index is 604. The Balaban J connectivity index is 1.98. The number of aliphatic imine (C=N–C) groups is 2. The number of fused-ring (bicyclic) bond motifs is 2. The molecule has 2 aliphatic heterocycles. The second-order valence-corrected chi connectivity index (χ2v) is 4.95. The van der Waals surface area contributed by atoms with E-state index in [2.05, 4.69) is 9.98 Å². The van der Waals surface area contributed by atoms with Crippen LogP contribution in [0.15, 0.2) is 50.9 Å². The summed E-state index contributed by atoms with van der Waals surface area (Å²) in [5.74, 6) is 0.637. The van der Waals surface area contributed by atoms with Crippen LogP contribution in [0.4, 0.5) is 18.9 Å². The van der Waals surface area contributed by atoms with Gasteiger partial charge in [-0.25, -0.2) is 9.98 Å². The molecule has 0 fully saturated rings. The quantitative estimate of drug-likeness (QED) is 0.728. The molecule has 0 atom stereocenters. The summed E-state index contributed by atoms with van der Waals surface area (Å²) in [6.07, 6.45) is -2.53. The number of rotatable bonds is 0. The zero-order chi connectivity index (χ0) is 13.5. The summed E-state index contributed by atoms with van der Waals surface area (Å²) in [4.78, 5) is 10.4. The lowest BCUT2D eigenvalue weighted by molar-refractivity contribution is -0.0864. The van der Waals surface area contributed by atoms with Crippen molar-refractivity contribution in [2.75, 3.05) is 5.88 Å². The maximum Gasteiger partial charge on any atom is 0.419 e. The number of benzene rings is 1. The van der Waals surface area contributed by atoms with Gasteiger partial charge in [0.2, 0.25) is 5.96 Å². The lowest BCUT2D eigenvalue weighted by Crippen LogP contribution is -2.30. The Kier molecular flexibility index (Phi) is 2.85. The van der Waals surface area contributed by atoms with Crippen LogP contribution in [0.3, 0.4) is 0 Å². The summed E-state index contributed by atoms with van der Waals surface area (Å²) in [6.45, 7) is 0.